The van der Waals surface area contributed by atoms with E-state index in [2.05, 4.69) is 48.5 Å². The molecule has 0 heterocycles. The van der Waals surface area contributed by atoms with Gasteiger partial charge in [0.05, 0.1) is 0 Å². The van der Waals surface area contributed by atoms with E-state index in [1.54, 1.807) is 0 Å². The van der Waals surface area contributed by atoms with E-state index in [9.17, 15) is 14.4 Å². The van der Waals surface area contributed by atoms with Crippen molar-refractivity contribution in [2.24, 2.45) is 0 Å². The van der Waals surface area contributed by atoms with E-state index < -0.39 is 0 Å². The Morgan fingerprint density at radius 2 is 0.583 bits per heavy atom. The van der Waals surface area contributed by atoms with Crippen molar-refractivity contribution in [3.63, 3.8) is 0 Å². The average Bonchev–Trinajstić information content (AvgIpc) is 3.95. The molecule has 0 aromatic heterocycles. The van der Waals surface area contributed by atoms with Crippen molar-refractivity contribution < 1.29 is 0 Å². The van der Waals surface area contributed by atoms with Gasteiger partial charge in [-0.1, -0.05) is 109 Å². The van der Waals surface area contributed by atoms with E-state index in [4.69, 9.17) is 0 Å². The largest absolute Gasteiger partial charge is 0.289 e. The van der Waals surface area contributed by atoms with Gasteiger partial charge in [-0.05, 0) is 140 Å². The van der Waals surface area contributed by atoms with E-state index in [1.807, 2.05) is 109 Å². The monoisotopic (exact) mass is 762 g/mol. The van der Waals surface area contributed by atoms with Crippen molar-refractivity contribution in [3.8, 4) is 11.1 Å². The maximum atomic E-state index is 15.1. The smallest absolute Gasteiger partial charge is 0.194 e. The van der Waals surface area contributed by atoms with Crippen LogP contribution in [0.25, 0.3) is 140 Å². The Morgan fingerprint density at radius 3 is 1.18 bits per heavy atom. The maximum Gasteiger partial charge on any atom is 0.194 e. The lowest BCUT2D eigenvalue weighted by Gasteiger charge is -2.16. The molecule has 0 bridgehead atoms. The fraction of sp³-hybridized carbons (Fsp3) is 0. The summed E-state index contributed by atoms with van der Waals surface area (Å²) in [5.74, 6) is 0. The zero-order valence-electron chi connectivity index (χ0n) is 31.6. The molecular formula is C56H26O4. The summed E-state index contributed by atoms with van der Waals surface area (Å²) in [6.45, 7) is 0. The molecular weight excluding hydrogens is 737 g/mol. The first-order valence-corrected chi connectivity index (χ1v) is 20.2. The van der Waals surface area contributed by atoms with Gasteiger partial charge in [-0.25, -0.2) is 0 Å². The van der Waals surface area contributed by atoms with Crippen LogP contribution in [0.2, 0.25) is 0 Å². The number of fused-ring (bicyclic) bond motifs is 19. The molecule has 0 atom stereocenters. The normalized spacial score (nSPS) is 12.6. The van der Waals surface area contributed by atoms with Crippen LogP contribution in [0.3, 0.4) is 0 Å². The van der Waals surface area contributed by atoms with E-state index in [0.29, 0.717) is 43.1 Å². The van der Waals surface area contributed by atoms with Gasteiger partial charge in [0.1, 0.15) is 0 Å². The molecule has 0 amide bonds. The minimum absolute atomic E-state index is 0.00491. The molecule has 0 unspecified atom stereocenters. The van der Waals surface area contributed by atoms with Gasteiger partial charge in [-0.3, -0.25) is 19.2 Å². The van der Waals surface area contributed by atoms with E-state index in [-0.39, 0.29) is 21.7 Å². The summed E-state index contributed by atoms with van der Waals surface area (Å²) in [4.78, 5) is 56.7. The fourth-order valence-electron chi connectivity index (χ4n) is 10.9. The Kier molecular flexibility index (Phi) is 5.80. The molecule has 4 heteroatoms. The first-order chi connectivity index (χ1) is 29.4. The molecule has 14 aromatic rings. The van der Waals surface area contributed by atoms with Crippen LogP contribution in [-0.4, -0.2) is 0 Å². The van der Waals surface area contributed by atoms with Crippen LogP contribution in [0.1, 0.15) is 0 Å². The summed E-state index contributed by atoms with van der Waals surface area (Å²) in [5.41, 5.74) is 1.64. The summed E-state index contributed by atoms with van der Waals surface area (Å²) >= 11 is 0. The van der Waals surface area contributed by atoms with Gasteiger partial charge in [0.25, 0.3) is 0 Å². The van der Waals surface area contributed by atoms with Crippen LogP contribution >= 0.6 is 0 Å². The Hall–Kier alpha value is -8.08. The Morgan fingerprint density at radius 1 is 0.200 bits per heavy atom. The van der Waals surface area contributed by atoms with Gasteiger partial charge in [0.2, 0.25) is 0 Å². The minimum Gasteiger partial charge on any atom is -0.289 e. The van der Waals surface area contributed by atoms with Crippen molar-refractivity contribution >= 4 is 129 Å². The Bertz CT molecular complexity index is 4550. The van der Waals surface area contributed by atoms with Gasteiger partial charge < -0.3 is 0 Å². The van der Waals surface area contributed by atoms with Crippen LogP contribution in [0.5, 0.6) is 0 Å². The van der Waals surface area contributed by atoms with Gasteiger partial charge >= 0.3 is 0 Å². The molecule has 0 spiro atoms. The summed E-state index contributed by atoms with van der Waals surface area (Å²) in [6.07, 6.45) is 0. The maximum absolute atomic E-state index is 15.1. The molecule has 14 rings (SSSR count). The highest BCUT2D eigenvalue weighted by Gasteiger charge is 2.23. The molecule has 0 radical (unpaired) electrons. The van der Waals surface area contributed by atoms with E-state index >= 15 is 4.79 Å². The van der Waals surface area contributed by atoms with Crippen molar-refractivity contribution in [2.75, 3.05) is 0 Å². The molecule has 60 heavy (non-hydrogen) atoms. The first kappa shape index (κ1) is 31.9. The summed E-state index contributed by atoms with van der Waals surface area (Å²) < 4.78 is 0. The molecule has 0 N–H and O–H groups in total. The number of hydrogen-bond acceptors (Lipinski definition) is 4. The lowest BCUT2D eigenvalue weighted by molar-refractivity contribution is 1.75. The third-order valence-electron chi connectivity index (χ3n) is 13.6. The second-order valence-corrected chi connectivity index (χ2v) is 16.4. The second-order valence-electron chi connectivity index (χ2n) is 16.4. The molecule has 0 saturated carbocycles. The molecule has 0 fully saturated rings. The standard InChI is InChI=1S/C56H26O4/c57-53-35-14-6-3-11-30(35)39-20-28-21-40(45-24-42-32-13-5-7-15-36(32)54(58)48(42)25-44(45)38(28)22-47(39)53)46-19-27-9-1-2-10-29(27)33-17-18-34-43-23-41-31-12-4-8-16-37(31)55(59)49(41)26-50(43)56(60)52(34)51(33)46/h1-26H. The summed E-state index contributed by atoms with van der Waals surface area (Å²) in [5, 5.41) is 19.5. The zero-order chi connectivity index (χ0) is 39.7. The quantitative estimate of drug-likeness (QED) is 0.156. The molecule has 4 nitrogen and oxygen atoms in total. The van der Waals surface area contributed by atoms with Crippen LogP contribution in [0.4, 0.5) is 0 Å². The van der Waals surface area contributed by atoms with Crippen molar-refractivity contribution in [1.82, 2.24) is 0 Å². The minimum atomic E-state index is -0.105. The van der Waals surface area contributed by atoms with Gasteiger partial charge in [0.15, 0.2) is 21.7 Å². The van der Waals surface area contributed by atoms with Crippen LogP contribution in [-0.2, 0) is 0 Å². The van der Waals surface area contributed by atoms with Crippen LogP contribution in [0.15, 0.2) is 177 Å². The number of benzene rings is 10. The van der Waals surface area contributed by atoms with Crippen LogP contribution in [0, 0.1) is 0 Å². The Labute approximate surface area is 337 Å². The number of hydrogen-bond donors (Lipinski definition) is 0. The van der Waals surface area contributed by atoms with Crippen molar-refractivity contribution in [2.45, 2.75) is 0 Å². The predicted octanol–water partition coefficient (Wildman–Crippen LogP) is 12.4. The van der Waals surface area contributed by atoms with Gasteiger partial charge in [-0.2, -0.15) is 0 Å². The summed E-state index contributed by atoms with van der Waals surface area (Å²) in [7, 11) is 0. The highest BCUT2D eigenvalue weighted by molar-refractivity contribution is 6.33. The first-order valence-electron chi connectivity index (χ1n) is 20.2. The lowest BCUT2D eigenvalue weighted by atomic mass is 9.86. The van der Waals surface area contributed by atoms with Gasteiger partial charge in [0, 0.05) is 48.5 Å². The third kappa shape index (κ3) is 3.82. The predicted molar refractivity (Wildman–Crippen MR) is 252 cm³/mol. The van der Waals surface area contributed by atoms with Crippen molar-refractivity contribution in [3.05, 3.63) is 199 Å². The molecule has 14 aromatic carbocycles. The topological polar surface area (TPSA) is 68.3 Å². The highest BCUT2D eigenvalue weighted by Crippen LogP contribution is 2.46. The molecule has 0 aliphatic carbocycles. The molecule has 0 saturated heterocycles. The van der Waals surface area contributed by atoms with E-state index in [1.165, 1.54) is 0 Å². The van der Waals surface area contributed by atoms with Crippen LogP contribution < -0.4 is 21.7 Å². The molecule has 274 valence electrons. The Balaban J connectivity index is 1.21. The van der Waals surface area contributed by atoms with Gasteiger partial charge in [-0.15, -0.1) is 0 Å². The number of rotatable bonds is 1. The van der Waals surface area contributed by atoms with E-state index in [0.717, 1.165) is 97.3 Å². The molecule has 0 aliphatic rings. The zero-order valence-corrected chi connectivity index (χ0v) is 31.6. The second kappa shape index (κ2) is 10.9. The average molecular weight is 763 g/mol. The highest BCUT2D eigenvalue weighted by atomic mass is 16.1. The van der Waals surface area contributed by atoms with Crippen molar-refractivity contribution in [1.29, 1.82) is 0 Å². The molecule has 0 aliphatic heterocycles. The SMILES string of the molecule is O=c1c2ccccc2c2cc3cc(-c4cc5ccccc5c5ccc6c7cc8c(cc7c(=O)c6c45)c(=O)c4ccccc48)c4cc5c(cc4c3cc12)c(=O)c1ccccc15. The third-order valence-corrected chi connectivity index (χ3v) is 13.6. The summed E-state index contributed by atoms with van der Waals surface area (Å²) in [6, 6.07) is 52.2. The lowest BCUT2D eigenvalue weighted by Crippen LogP contribution is -1.98. The fourth-order valence-corrected chi connectivity index (χ4v) is 10.9.